The van der Waals surface area contributed by atoms with Gasteiger partial charge in [-0.05, 0) is 148 Å². The lowest BCUT2D eigenvalue weighted by Gasteiger charge is -2.60. The topological polar surface area (TPSA) is 119 Å². The number of ether oxygens (including phenoxy) is 4. The second kappa shape index (κ2) is 15.3. The fourth-order valence-corrected chi connectivity index (χ4v) is 14.9. The highest BCUT2D eigenvalue weighted by molar-refractivity contribution is 7.48. The van der Waals surface area contributed by atoms with Crippen molar-refractivity contribution in [2.24, 2.45) is 47.3 Å². The zero-order chi connectivity index (χ0) is 41.9. The smallest absolute Gasteiger partial charge is 0.404 e. The SMILES string of the molecule is C[C@H]1[C@@H](CCc2cc3c(cc2CC[C@H]2O[C@@H]4OC5(C)CC[C@H]6[C@H](C)CC[C@@H]([C@H]2C)[C@@]46OO5)COP(=O)(Oc2ccccc2)OC3)O[C@@H]2OC3(C)CC[C@H]4[C@H](C)CC[C@@H]1[C@@]24OO3. The van der Waals surface area contributed by atoms with Crippen molar-refractivity contribution in [1.82, 2.24) is 0 Å². The average molecular weight is 865 g/mol. The van der Waals surface area contributed by atoms with Gasteiger partial charge in [0.2, 0.25) is 11.6 Å². The second-order valence-electron chi connectivity index (χ2n) is 20.8. The van der Waals surface area contributed by atoms with E-state index in [9.17, 15) is 4.57 Å². The van der Waals surface area contributed by atoms with Crippen LogP contribution in [0.15, 0.2) is 42.5 Å². The van der Waals surface area contributed by atoms with Crippen molar-refractivity contribution in [1.29, 1.82) is 0 Å². The van der Waals surface area contributed by atoms with Crippen molar-refractivity contribution in [3.8, 4) is 5.75 Å². The molecule has 10 fully saturated rings. The Morgan fingerprint density at radius 1 is 0.623 bits per heavy atom. The maximum atomic E-state index is 13.9. The molecule has 13 rings (SSSR count). The number of aryl methyl sites for hydroxylation is 2. The summed E-state index contributed by atoms with van der Waals surface area (Å²) in [5.41, 5.74) is 3.18. The standard InChI is InChI=1S/C48H65O12P/c1-28-12-16-39-30(3)41(52-43-47(39)37(28)20-22-45(5,54-43)57-59-47)18-14-32-24-34-26-50-61(49,56-36-10-8-7-9-11-36)51-27-35(34)25-33(32)15-19-42-31(4)40-17-13-29(2)38-21-23-46(6)55-44(53-42)48(38,40)60-58-46/h7-11,24-25,28-31,37-44H,12-23,26-27H2,1-6H3/t28-,29-,30-,31-,37+,38+,39+,40+,41-,42-,43-,44-,45?,46?,47-,48-,61?/m1/s1. The van der Waals surface area contributed by atoms with Crippen LogP contribution in [-0.4, -0.2) is 47.6 Å². The molecule has 0 N–H and O–H groups in total. The zero-order valence-corrected chi connectivity index (χ0v) is 37.6. The predicted molar refractivity (Wildman–Crippen MR) is 221 cm³/mol. The molecule has 2 aromatic carbocycles. The number of fused-ring (bicyclic) bond motifs is 5. The van der Waals surface area contributed by atoms with Crippen LogP contribution in [-0.2, 0) is 78.2 Å². The molecule has 8 saturated heterocycles. The molecule has 9 heterocycles. The summed E-state index contributed by atoms with van der Waals surface area (Å²) in [5, 5.41) is 0. The van der Waals surface area contributed by atoms with Crippen LogP contribution in [0.25, 0.3) is 0 Å². The Bertz CT molecular complexity index is 1900. The lowest BCUT2D eigenvalue weighted by atomic mass is 9.57. The maximum Gasteiger partial charge on any atom is 0.530 e. The van der Waals surface area contributed by atoms with Gasteiger partial charge in [0.05, 0.1) is 25.4 Å². The number of phosphoric ester groups is 1. The van der Waals surface area contributed by atoms with Crippen molar-refractivity contribution in [3.05, 3.63) is 64.7 Å². The van der Waals surface area contributed by atoms with E-state index in [0.717, 1.165) is 75.3 Å². The monoisotopic (exact) mass is 864 g/mol. The number of para-hydroxylation sites is 1. The molecule has 4 bridgehead atoms. The van der Waals surface area contributed by atoms with Crippen molar-refractivity contribution in [3.63, 3.8) is 0 Å². The molecular formula is C48H65O12P. The first kappa shape index (κ1) is 41.8. The van der Waals surface area contributed by atoms with Gasteiger partial charge >= 0.3 is 7.82 Å². The van der Waals surface area contributed by atoms with E-state index in [-0.39, 0.29) is 49.1 Å². The summed E-state index contributed by atoms with van der Waals surface area (Å²) in [7, 11) is -3.88. The van der Waals surface area contributed by atoms with Crippen LogP contribution in [0.5, 0.6) is 5.75 Å². The summed E-state index contributed by atoms with van der Waals surface area (Å²) in [5.74, 6) is 1.52. The fourth-order valence-electron chi connectivity index (χ4n) is 13.7. The minimum Gasteiger partial charge on any atom is -0.404 e. The highest BCUT2D eigenvalue weighted by atomic mass is 31.2. The number of hydrogen-bond acceptors (Lipinski definition) is 12. The molecule has 2 saturated carbocycles. The molecule has 0 amide bonds. The third-order valence-electron chi connectivity index (χ3n) is 17.2. The Balaban J connectivity index is 0.869. The molecule has 0 radical (unpaired) electrons. The average Bonchev–Trinajstić information content (AvgIpc) is 3.69. The predicted octanol–water partition coefficient (Wildman–Crippen LogP) is 10.3. The third-order valence-corrected chi connectivity index (χ3v) is 18.5. The first-order valence-corrected chi connectivity index (χ1v) is 24.9. The second-order valence-corrected chi connectivity index (χ2v) is 22.3. The van der Waals surface area contributed by atoms with Gasteiger partial charge in [-0.3, -0.25) is 9.05 Å². The van der Waals surface area contributed by atoms with E-state index in [4.69, 9.17) is 52.1 Å². The van der Waals surface area contributed by atoms with Gasteiger partial charge in [-0.1, -0.05) is 58.0 Å². The minimum atomic E-state index is -3.88. The van der Waals surface area contributed by atoms with E-state index in [1.54, 1.807) is 12.1 Å². The fraction of sp³-hybridized carbons (Fsp3) is 0.750. The molecule has 334 valence electrons. The van der Waals surface area contributed by atoms with Crippen LogP contribution in [0, 0.1) is 47.3 Å². The molecule has 2 aromatic rings. The molecule has 16 atom stereocenters. The Hall–Kier alpha value is -1.93. The first-order chi connectivity index (χ1) is 29.3. The Morgan fingerprint density at radius 2 is 1.10 bits per heavy atom. The van der Waals surface area contributed by atoms with E-state index >= 15 is 0 Å². The van der Waals surface area contributed by atoms with Gasteiger partial charge in [-0.2, -0.15) is 0 Å². The Kier molecular flexibility index (Phi) is 10.5. The number of benzene rings is 2. The first-order valence-electron chi connectivity index (χ1n) is 23.5. The molecule has 9 aliphatic heterocycles. The van der Waals surface area contributed by atoms with Crippen LogP contribution in [0.1, 0.15) is 128 Å². The van der Waals surface area contributed by atoms with E-state index in [1.165, 1.54) is 24.0 Å². The molecule has 61 heavy (non-hydrogen) atoms. The van der Waals surface area contributed by atoms with Crippen molar-refractivity contribution < 1.29 is 56.6 Å². The molecule has 2 unspecified atom stereocenters. The van der Waals surface area contributed by atoms with Gasteiger partial charge < -0.3 is 23.5 Å². The van der Waals surface area contributed by atoms with Crippen molar-refractivity contribution >= 4 is 7.82 Å². The minimum absolute atomic E-state index is 0.0297. The summed E-state index contributed by atoms with van der Waals surface area (Å²) in [6, 6.07) is 13.6. The maximum absolute atomic E-state index is 13.9. The number of hydrogen-bond donors (Lipinski definition) is 0. The highest BCUT2D eigenvalue weighted by Crippen LogP contribution is 2.63. The summed E-state index contributed by atoms with van der Waals surface area (Å²) in [4.78, 5) is 25.1. The van der Waals surface area contributed by atoms with Gasteiger partial charge in [0.1, 0.15) is 5.75 Å². The molecule has 2 spiro atoms. The van der Waals surface area contributed by atoms with Gasteiger partial charge in [0.15, 0.2) is 23.8 Å². The van der Waals surface area contributed by atoms with E-state index in [0.29, 0.717) is 29.4 Å². The van der Waals surface area contributed by atoms with Crippen LogP contribution in [0.2, 0.25) is 0 Å². The summed E-state index contributed by atoms with van der Waals surface area (Å²) in [6.07, 6.45) is 10.3. The summed E-state index contributed by atoms with van der Waals surface area (Å²) >= 11 is 0. The highest BCUT2D eigenvalue weighted by Gasteiger charge is 2.70. The molecule has 2 aliphatic carbocycles. The quantitative estimate of drug-likeness (QED) is 0.186. The lowest BCUT2D eigenvalue weighted by Crippen LogP contribution is -2.70. The Morgan fingerprint density at radius 3 is 1.57 bits per heavy atom. The van der Waals surface area contributed by atoms with Gasteiger partial charge in [0.25, 0.3) is 0 Å². The van der Waals surface area contributed by atoms with Crippen LogP contribution >= 0.6 is 7.82 Å². The molecule has 12 nitrogen and oxygen atoms in total. The molecular weight excluding hydrogens is 799 g/mol. The van der Waals surface area contributed by atoms with Crippen LogP contribution in [0.3, 0.4) is 0 Å². The van der Waals surface area contributed by atoms with E-state index in [1.807, 2.05) is 32.0 Å². The van der Waals surface area contributed by atoms with Gasteiger partial charge in [0, 0.05) is 24.7 Å². The molecule has 0 aromatic heterocycles. The largest absolute Gasteiger partial charge is 0.530 e. The van der Waals surface area contributed by atoms with Crippen LogP contribution in [0.4, 0.5) is 0 Å². The van der Waals surface area contributed by atoms with E-state index in [2.05, 4.69) is 39.8 Å². The number of phosphoric acid groups is 1. The molecule has 11 aliphatic rings. The normalized spacial score (nSPS) is 48.5. The van der Waals surface area contributed by atoms with Crippen molar-refractivity contribution in [2.45, 2.75) is 179 Å². The lowest BCUT2D eigenvalue weighted by molar-refractivity contribution is -0.571. The number of rotatable bonds is 8. The third kappa shape index (κ3) is 6.87. The van der Waals surface area contributed by atoms with Gasteiger partial charge in [-0.25, -0.2) is 24.1 Å². The van der Waals surface area contributed by atoms with E-state index < -0.39 is 43.2 Å². The van der Waals surface area contributed by atoms with Crippen LogP contribution < -0.4 is 4.52 Å². The molecule has 13 heteroatoms. The zero-order valence-electron chi connectivity index (χ0n) is 36.7. The summed E-state index contributed by atoms with van der Waals surface area (Å²) < 4.78 is 59.3. The van der Waals surface area contributed by atoms with Crippen molar-refractivity contribution in [2.75, 3.05) is 0 Å². The van der Waals surface area contributed by atoms with Gasteiger partial charge in [-0.15, -0.1) is 0 Å². The Labute approximate surface area is 360 Å². The summed E-state index contributed by atoms with van der Waals surface area (Å²) in [6.45, 7) is 13.6.